The summed E-state index contributed by atoms with van der Waals surface area (Å²) >= 11 is 0. The van der Waals surface area contributed by atoms with Crippen molar-refractivity contribution >= 4 is 23.7 Å². The average Bonchev–Trinajstić information content (AvgIpc) is 2.48. The molecule has 0 atom stereocenters. The topological polar surface area (TPSA) is 114 Å². The van der Waals surface area contributed by atoms with E-state index in [2.05, 4.69) is 0 Å². The number of nitro groups is 1. The van der Waals surface area contributed by atoms with E-state index in [0.717, 1.165) is 12.1 Å². The van der Waals surface area contributed by atoms with E-state index in [1.807, 2.05) is 0 Å². The third-order valence-corrected chi connectivity index (χ3v) is 3.15. The van der Waals surface area contributed by atoms with Gasteiger partial charge in [0.05, 0.1) is 30.8 Å². The summed E-state index contributed by atoms with van der Waals surface area (Å²) < 4.78 is 20.0. The second kappa shape index (κ2) is 6.19. The molecule has 0 saturated carbocycles. The Labute approximate surface area is 136 Å². The van der Waals surface area contributed by atoms with Gasteiger partial charge in [-0.25, -0.2) is 9.59 Å². The molecule has 1 fully saturated rings. The Morgan fingerprint density at radius 3 is 2.04 bits per heavy atom. The number of rotatable bonds is 4. The lowest BCUT2D eigenvalue weighted by Crippen LogP contribution is -2.41. The lowest BCUT2D eigenvalue weighted by Gasteiger charge is -2.29. The first-order chi connectivity index (χ1) is 11.2. The zero-order valence-electron chi connectivity index (χ0n) is 13.4. The zero-order valence-corrected chi connectivity index (χ0v) is 13.4. The van der Waals surface area contributed by atoms with Crippen molar-refractivity contribution in [2.24, 2.45) is 0 Å². The highest BCUT2D eigenvalue weighted by Gasteiger charge is 2.39. The minimum Gasteiger partial charge on any atom is -0.493 e. The summed E-state index contributed by atoms with van der Waals surface area (Å²) in [4.78, 5) is 34.5. The molecule has 9 nitrogen and oxygen atoms in total. The van der Waals surface area contributed by atoms with E-state index in [0.29, 0.717) is 0 Å². The lowest BCUT2D eigenvalue weighted by atomic mass is 10.1. The van der Waals surface area contributed by atoms with Crippen LogP contribution >= 0.6 is 0 Å². The van der Waals surface area contributed by atoms with Gasteiger partial charge in [-0.2, -0.15) is 0 Å². The van der Waals surface area contributed by atoms with E-state index in [4.69, 9.17) is 18.9 Å². The zero-order chi connectivity index (χ0) is 18.1. The largest absolute Gasteiger partial charge is 0.493 e. The van der Waals surface area contributed by atoms with Crippen LogP contribution in [0.3, 0.4) is 0 Å². The molecule has 24 heavy (non-hydrogen) atoms. The van der Waals surface area contributed by atoms with Crippen LogP contribution in [0.25, 0.3) is 6.08 Å². The van der Waals surface area contributed by atoms with Gasteiger partial charge in [-0.05, 0) is 12.1 Å². The van der Waals surface area contributed by atoms with Gasteiger partial charge in [0, 0.05) is 13.8 Å². The van der Waals surface area contributed by atoms with Gasteiger partial charge in [0.1, 0.15) is 5.57 Å². The van der Waals surface area contributed by atoms with Crippen LogP contribution in [0.5, 0.6) is 11.5 Å². The lowest BCUT2D eigenvalue weighted by molar-refractivity contribution is -0.385. The Morgan fingerprint density at radius 1 is 1.08 bits per heavy atom. The smallest absolute Gasteiger partial charge is 0.348 e. The fraction of sp³-hybridized carbons (Fsp3) is 0.333. The average molecular weight is 337 g/mol. The van der Waals surface area contributed by atoms with Crippen LogP contribution in [0.15, 0.2) is 17.7 Å². The van der Waals surface area contributed by atoms with Gasteiger partial charge in [-0.15, -0.1) is 0 Å². The molecule has 0 radical (unpaired) electrons. The Bertz CT molecular complexity index is 728. The van der Waals surface area contributed by atoms with Crippen molar-refractivity contribution in [1.82, 2.24) is 0 Å². The number of ether oxygens (including phenoxy) is 4. The first-order valence-electron chi connectivity index (χ1n) is 6.77. The van der Waals surface area contributed by atoms with Crippen LogP contribution in [-0.4, -0.2) is 36.9 Å². The molecule has 1 aromatic rings. The highest BCUT2D eigenvalue weighted by atomic mass is 16.7. The van der Waals surface area contributed by atoms with Crippen LogP contribution < -0.4 is 9.47 Å². The van der Waals surface area contributed by atoms with E-state index in [-0.39, 0.29) is 22.7 Å². The quantitative estimate of drug-likeness (QED) is 0.269. The van der Waals surface area contributed by atoms with Crippen molar-refractivity contribution in [2.45, 2.75) is 19.6 Å². The van der Waals surface area contributed by atoms with Gasteiger partial charge >= 0.3 is 11.9 Å². The molecule has 128 valence electrons. The first-order valence-corrected chi connectivity index (χ1v) is 6.77. The number of hydrogen-bond donors (Lipinski definition) is 0. The van der Waals surface area contributed by atoms with Crippen LogP contribution in [0, 0.1) is 10.1 Å². The molecule has 0 aromatic heterocycles. The fourth-order valence-corrected chi connectivity index (χ4v) is 2.09. The number of carbonyl (C=O) groups is 2. The maximum absolute atomic E-state index is 12.0. The fourth-order valence-electron chi connectivity index (χ4n) is 2.09. The molecule has 0 unspecified atom stereocenters. The van der Waals surface area contributed by atoms with Crippen LogP contribution in [0.4, 0.5) is 5.69 Å². The molecule has 2 rings (SSSR count). The molecule has 0 amide bonds. The van der Waals surface area contributed by atoms with Crippen molar-refractivity contribution in [3.8, 4) is 11.5 Å². The molecule has 0 aliphatic carbocycles. The SMILES string of the molecule is COc1cc(C=C2C(=O)OC(C)(C)OC2=O)c([N+](=O)[O-])cc1OC. The van der Waals surface area contributed by atoms with Crippen LogP contribution in [0.2, 0.25) is 0 Å². The predicted molar refractivity (Wildman–Crippen MR) is 80.4 cm³/mol. The Hall–Kier alpha value is -3.10. The summed E-state index contributed by atoms with van der Waals surface area (Å²) in [7, 11) is 2.68. The molecular formula is C15H15NO8. The van der Waals surface area contributed by atoms with E-state index >= 15 is 0 Å². The Morgan fingerprint density at radius 2 is 1.58 bits per heavy atom. The number of hydrogen-bond acceptors (Lipinski definition) is 8. The third kappa shape index (κ3) is 3.29. The minimum absolute atomic E-state index is 0.0266. The second-order valence-electron chi connectivity index (χ2n) is 5.26. The standard InChI is InChI=1S/C15H15NO8/c1-15(2)23-13(17)9(14(18)24-15)5-8-6-11(21-3)12(22-4)7-10(8)16(19)20/h5-7H,1-4H3. The van der Waals surface area contributed by atoms with Gasteiger partial charge in [-0.3, -0.25) is 10.1 Å². The highest BCUT2D eigenvalue weighted by Crippen LogP contribution is 2.36. The summed E-state index contributed by atoms with van der Waals surface area (Å²) in [5.74, 6) is -2.91. The highest BCUT2D eigenvalue weighted by molar-refractivity contribution is 6.19. The number of nitrogens with zero attached hydrogens (tertiary/aromatic N) is 1. The van der Waals surface area contributed by atoms with E-state index < -0.39 is 28.2 Å². The molecule has 1 aromatic carbocycles. The summed E-state index contributed by atoms with van der Waals surface area (Å²) in [6.07, 6.45) is 1.03. The minimum atomic E-state index is -1.39. The summed E-state index contributed by atoms with van der Waals surface area (Å²) in [6.45, 7) is 2.80. The number of esters is 2. The number of cyclic esters (lactones) is 2. The van der Waals surface area contributed by atoms with E-state index in [1.165, 1.54) is 34.1 Å². The number of benzene rings is 1. The monoisotopic (exact) mass is 337 g/mol. The van der Waals surface area contributed by atoms with Gasteiger partial charge in [0.2, 0.25) is 0 Å². The van der Waals surface area contributed by atoms with Crippen molar-refractivity contribution < 1.29 is 33.5 Å². The van der Waals surface area contributed by atoms with Crippen molar-refractivity contribution in [2.75, 3.05) is 14.2 Å². The molecule has 1 heterocycles. The summed E-state index contributed by atoms with van der Waals surface area (Å²) in [6, 6.07) is 2.42. The Kier molecular flexibility index (Phi) is 4.45. The maximum atomic E-state index is 12.0. The molecule has 9 heteroatoms. The summed E-state index contributed by atoms with van der Waals surface area (Å²) in [5.41, 5.74) is -0.850. The molecule has 0 N–H and O–H groups in total. The molecule has 0 bridgehead atoms. The summed E-state index contributed by atoms with van der Waals surface area (Å²) in [5, 5.41) is 11.2. The van der Waals surface area contributed by atoms with Crippen molar-refractivity contribution in [1.29, 1.82) is 0 Å². The maximum Gasteiger partial charge on any atom is 0.348 e. The van der Waals surface area contributed by atoms with Gasteiger partial charge < -0.3 is 18.9 Å². The predicted octanol–water partition coefficient (Wildman–Crippen LogP) is 1.83. The second-order valence-corrected chi connectivity index (χ2v) is 5.26. The number of methoxy groups -OCH3 is 2. The van der Waals surface area contributed by atoms with Crippen LogP contribution in [0.1, 0.15) is 19.4 Å². The van der Waals surface area contributed by atoms with Crippen molar-refractivity contribution in [3.63, 3.8) is 0 Å². The van der Waals surface area contributed by atoms with Gasteiger partial charge in [0.25, 0.3) is 11.5 Å². The third-order valence-electron chi connectivity index (χ3n) is 3.15. The van der Waals surface area contributed by atoms with Crippen LogP contribution in [-0.2, 0) is 19.1 Å². The molecule has 1 aliphatic rings. The number of nitro benzene ring substituents is 1. The first kappa shape index (κ1) is 17.3. The van der Waals surface area contributed by atoms with E-state index in [9.17, 15) is 19.7 Å². The van der Waals surface area contributed by atoms with Crippen molar-refractivity contribution in [3.05, 3.63) is 33.4 Å². The van der Waals surface area contributed by atoms with Gasteiger partial charge in [0.15, 0.2) is 11.5 Å². The Balaban J connectivity index is 2.57. The molecule has 1 saturated heterocycles. The van der Waals surface area contributed by atoms with Gasteiger partial charge in [-0.1, -0.05) is 0 Å². The van der Waals surface area contributed by atoms with E-state index in [1.54, 1.807) is 0 Å². The molecule has 0 spiro atoms. The molecule has 1 aliphatic heterocycles. The number of carbonyl (C=O) groups excluding carboxylic acids is 2. The normalized spacial score (nSPS) is 16.1. The molecular weight excluding hydrogens is 322 g/mol.